The fourth-order valence-corrected chi connectivity index (χ4v) is 0.496. The van der Waals surface area contributed by atoms with Crippen molar-refractivity contribution in [2.75, 3.05) is 0 Å². The van der Waals surface area contributed by atoms with Crippen LogP contribution in [0.4, 0.5) is 0 Å². The summed E-state index contributed by atoms with van der Waals surface area (Å²) in [6.07, 6.45) is 0.611. The van der Waals surface area contributed by atoms with E-state index in [1.54, 1.807) is 0 Å². The van der Waals surface area contributed by atoms with Gasteiger partial charge in [-0.05, 0) is 0 Å². The fourth-order valence-electron chi connectivity index (χ4n) is 0.496. The van der Waals surface area contributed by atoms with Crippen molar-refractivity contribution in [1.82, 2.24) is 10.2 Å². The van der Waals surface area contributed by atoms with E-state index < -0.39 is 5.91 Å². The maximum Gasteiger partial charge on any atom is 0.306 e. The highest BCUT2D eigenvalue weighted by Gasteiger charge is 2.08. The second kappa shape index (κ2) is 2.47. The van der Waals surface area contributed by atoms with Crippen LogP contribution >= 0.6 is 0 Å². The summed E-state index contributed by atoms with van der Waals surface area (Å²) in [4.78, 5) is 10.4. The van der Waals surface area contributed by atoms with E-state index >= 15 is 0 Å². The van der Waals surface area contributed by atoms with Gasteiger partial charge in [-0.1, -0.05) is 6.92 Å². The van der Waals surface area contributed by atoms with E-state index in [0.29, 0.717) is 12.3 Å². The van der Waals surface area contributed by atoms with Crippen LogP contribution in [0.5, 0.6) is 0 Å². The predicted molar refractivity (Wildman–Crippen MR) is 32.2 cm³/mol. The van der Waals surface area contributed by atoms with Gasteiger partial charge >= 0.3 is 11.8 Å². The molecule has 0 saturated heterocycles. The quantitative estimate of drug-likeness (QED) is 0.614. The van der Waals surface area contributed by atoms with Crippen molar-refractivity contribution < 1.29 is 9.21 Å². The molecule has 0 radical (unpaired) electrons. The van der Waals surface area contributed by atoms with Crippen LogP contribution in [0.15, 0.2) is 4.42 Å². The monoisotopic (exact) mass is 141 g/mol. The molecule has 54 valence electrons. The third-order valence-electron chi connectivity index (χ3n) is 0.980. The smallest absolute Gasteiger partial charge is 0.306 e. The van der Waals surface area contributed by atoms with E-state index in [-0.39, 0.29) is 5.89 Å². The van der Waals surface area contributed by atoms with Crippen molar-refractivity contribution in [3.05, 3.63) is 11.8 Å². The Hall–Kier alpha value is -1.39. The molecule has 0 atom stereocenters. The molecule has 0 aromatic carbocycles. The SMILES string of the molecule is CCc1nnc(C(N)=O)o1. The Morgan fingerprint density at radius 2 is 2.40 bits per heavy atom. The number of rotatable bonds is 2. The Labute approximate surface area is 57.2 Å². The summed E-state index contributed by atoms with van der Waals surface area (Å²) in [5.41, 5.74) is 4.85. The maximum absolute atomic E-state index is 10.4. The van der Waals surface area contributed by atoms with E-state index in [1.165, 1.54) is 0 Å². The summed E-state index contributed by atoms with van der Waals surface area (Å²) < 4.78 is 4.80. The number of nitrogens with zero attached hydrogens (tertiary/aromatic N) is 2. The number of hydrogen-bond acceptors (Lipinski definition) is 4. The molecule has 1 aromatic rings. The lowest BCUT2D eigenvalue weighted by Gasteiger charge is -1.81. The van der Waals surface area contributed by atoms with Gasteiger partial charge < -0.3 is 10.2 Å². The number of aromatic nitrogens is 2. The van der Waals surface area contributed by atoms with Crippen LogP contribution in [0.3, 0.4) is 0 Å². The molecular weight excluding hydrogens is 134 g/mol. The van der Waals surface area contributed by atoms with Gasteiger partial charge in [0.25, 0.3) is 0 Å². The summed E-state index contributed by atoms with van der Waals surface area (Å²) in [6, 6.07) is 0. The van der Waals surface area contributed by atoms with Crippen molar-refractivity contribution >= 4 is 5.91 Å². The van der Waals surface area contributed by atoms with Gasteiger partial charge in [0.2, 0.25) is 5.89 Å². The molecule has 1 aromatic heterocycles. The molecule has 0 unspecified atom stereocenters. The third kappa shape index (κ3) is 1.12. The molecule has 10 heavy (non-hydrogen) atoms. The molecule has 0 aliphatic rings. The first-order valence-electron chi connectivity index (χ1n) is 2.86. The largest absolute Gasteiger partial charge is 0.417 e. The number of primary amides is 1. The van der Waals surface area contributed by atoms with Crippen LogP contribution < -0.4 is 5.73 Å². The molecule has 5 heteroatoms. The minimum absolute atomic E-state index is 0.128. The predicted octanol–water partition coefficient (Wildman–Crippen LogP) is -0.269. The van der Waals surface area contributed by atoms with Crippen LogP contribution in [-0.4, -0.2) is 16.1 Å². The van der Waals surface area contributed by atoms with Gasteiger partial charge in [-0.15, -0.1) is 10.2 Å². The summed E-state index contributed by atoms with van der Waals surface area (Å²) in [5.74, 6) is -0.391. The van der Waals surface area contributed by atoms with Gasteiger partial charge in [0.1, 0.15) is 0 Å². The highest BCUT2D eigenvalue weighted by molar-refractivity contribution is 5.87. The van der Waals surface area contributed by atoms with E-state index in [4.69, 9.17) is 10.2 Å². The number of nitrogens with two attached hydrogens (primary N) is 1. The molecule has 1 rings (SSSR count). The maximum atomic E-state index is 10.4. The van der Waals surface area contributed by atoms with Crippen molar-refractivity contribution in [3.63, 3.8) is 0 Å². The number of aryl methyl sites for hydroxylation is 1. The molecule has 1 amide bonds. The van der Waals surface area contributed by atoms with Gasteiger partial charge in [-0.3, -0.25) is 4.79 Å². The summed E-state index contributed by atoms with van der Waals surface area (Å²) in [5, 5.41) is 6.93. The van der Waals surface area contributed by atoms with Crippen LogP contribution in [0.25, 0.3) is 0 Å². The molecule has 0 fully saturated rings. The van der Waals surface area contributed by atoms with Gasteiger partial charge in [0.15, 0.2) is 0 Å². The topological polar surface area (TPSA) is 82.0 Å². The van der Waals surface area contributed by atoms with Crippen molar-refractivity contribution in [2.45, 2.75) is 13.3 Å². The van der Waals surface area contributed by atoms with Gasteiger partial charge in [0, 0.05) is 6.42 Å². The summed E-state index contributed by atoms with van der Waals surface area (Å²) in [6.45, 7) is 1.85. The zero-order chi connectivity index (χ0) is 7.56. The molecule has 0 aliphatic heterocycles. The van der Waals surface area contributed by atoms with E-state index in [9.17, 15) is 4.79 Å². The molecule has 2 N–H and O–H groups in total. The Morgan fingerprint density at radius 3 is 2.70 bits per heavy atom. The lowest BCUT2D eigenvalue weighted by Crippen LogP contribution is -2.10. The zero-order valence-electron chi connectivity index (χ0n) is 5.50. The number of hydrogen-bond donors (Lipinski definition) is 1. The Kier molecular flexibility index (Phi) is 1.66. The first-order valence-corrected chi connectivity index (χ1v) is 2.86. The van der Waals surface area contributed by atoms with Crippen LogP contribution in [-0.2, 0) is 6.42 Å². The first kappa shape index (κ1) is 6.73. The Bertz CT molecular complexity index is 243. The van der Waals surface area contributed by atoms with Crippen LogP contribution in [0, 0.1) is 0 Å². The molecule has 5 nitrogen and oxygen atoms in total. The second-order valence-corrected chi connectivity index (χ2v) is 1.72. The number of amides is 1. The highest BCUT2D eigenvalue weighted by atomic mass is 16.4. The first-order chi connectivity index (χ1) is 4.74. The molecule has 0 aliphatic carbocycles. The standard InChI is InChI=1S/C5H7N3O2/c1-2-3-7-8-5(10-3)4(6)9/h2H2,1H3,(H2,6,9). The summed E-state index contributed by atoms with van der Waals surface area (Å²) >= 11 is 0. The lowest BCUT2D eigenvalue weighted by molar-refractivity contribution is 0.0965. The van der Waals surface area contributed by atoms with Gasteiger partial charge in [-0.2, -0.15) is 0 Å². The van der Waals surface area contributed by atoms with Crippen molar-refractivity contribution in [3.8, 4) is 0 Å². The van der Waals surface area contributed by atoms with Crippen molar-refractivity contribution in [2.24, 2.45) is 5.73 Å². The Morgan fingerprint density at radius 1 is 1.70 bits per heavy atom. The van der Waals surface area contributed by atoms with Gasteiger partial charge in [0.05, 0.1) is 0 Å². The lowest BCUT2D eigenvalue weighted by atomic mass is 10.5. The van der Waals surface area contributed by atoms with E-state index in [1.807, 2.05) is 6.92 Å². The average Bonchev–Trinajstić information content (AvgIpc) is 2.34. The normalized spacial score (nSPS) is 9.70. The molecule has 0 saturated carbocycles. The third-order valence-corrected chi connectivity index (χ3v) is 0.980. The molecule has 0 spiro atoms. The minimum atomic E-state index is -0.688. The highest BCUT2D eigenvalue weighted by Crippen LogP contribution is 1.97. The van der Waals surface area contributed by atoms with Crippen LogP contribution in [0.1, 0.15) is 23.5 Å². The van der Waals surface area contributed by atoms with E-state index in [0.717, 1.165) is 0 Å². The van der Waals surface area contributed by atoms with Crippen molar-refractivity contribution in [1.29, 1.82) is 0 Å². The Balaban J connectivity index is 2.88. The van der Waals surface area contributed by atoms with Crippen LogP contribution in [0.2, 0.25) is 0 Å². The van der Waals surface area contributed by atoms with E-state index in [2.05, 4.69) is 10.2 Å². The zero-order valence-corrected chi connectivity index (χ0v) is 5.50. The summed E-state index contributed by atoms with van der Waals surface area (Å²) in [7, 11) is 0. The second-order valence-electron chi connectivity index (χ2n) is 1.72. The molecule has 1 heterocycles. The number of carbonyl (C=O) groups is 1. The average molecular weight is 141 g/mol. The molecule has 0 bridgehead atoms. The van der Waals surface area contributed by atoms with Gasteiger partial charge in [-0.25, -0.2) is 0 Å². The number of carbonyl (C=O) groups excluding carboxylic acids is 1. The minimum Gasteiger partial charge on any atom is -0.417 e. The molecular formula is C5H7N3O2. The fraction of sp³-hybridized carbons (Fsp3) is 0.400.